The number of rotatable bonds is 12. The molecule has 0 saturated heterocycles. The van der Waals surface area contributed by atoms with Crippen molar-refractivity contribution in [2.75, 3.05) is 20.3 Å². The molecule has 1 unspecified atom stereocenters. The predicted octanol–water partition coefficient (Wildman–Crippen LogP) is 6.24. The number of aromatic nitrogens is 2. The number of unbranched alkanes of at least 4 members (excludes halogenated alkanes) is 4. The van der Waals surface area contributed by atoms with Gasteiger partial charge >= 0.3 is 0 Å². The van der Waals surface area contributed by atoms with Crippen molar-refractivity contribution in [3.05, 3.63) is 69.2 Å². The van der Waals surface area contributed by atoms with Gasteiger partial charge in [0.2, 0.25) is 5.91 Å². The van der Waals surface area contributed by atoms with Gasteiger partial charge in [0.25, 0.3) is 5.56 Å². The van der Waals surface area contributed by atoms with Gasteiger partial charge in [-0.25, -0.2) is 4.98 Å². The maximum absolute atomic E-state index is 13.7. The first-order chi connectivity index (χ1) is 16.9. The number of carbonyl (C=O) groups excluding carboxylic acids is 1. The van der Waals surface area contributed by atoms with E-state index in [4.69, 9.17) is 21.3 Å². The molecule has 0 spiro atoms. The fraction of sp³-hybridized carbons (Fsp3) is 0.464. The zero-order valence-corrected chi connectivity index (χ0v) is 22.0. The first-order valence-electron chi connectivity index (χ1n) is 12.5. The Balaban J connectivity index is 2.07. The molecule has 0 radical (unpaired) electrons. The number of para-hydroxylation sites is 1. The van der Waals surface area contributed by atoms with Crippen LogP contribution in [0.5, 0.6) is 0 Å². The Morgan fingerprint density at radius 3 is 2.60 bits per heavy atom. The lowest BCUT2D eigenvalue weighted by atomic mass is 10.1. The summed E-state index contributed by atoms with van der Waals surface area (Å²) in [6.45, 7) is 6.86. The van der Waals surface area contributed by atoms with Gasteiger partial charge in [0.1, 0.15) is 5.82 Å². The Hall–Kier alpha value is -2.70. The van der Waals surface area contributed by atoms with Crippen LogP contribution in [-0.4, -0.2) is 40.6 Å². The number of hydrogen-bond acceptors (Lipinski definition) is 4. The molecule has 0 aliphatic carbocycles. The number of amides is 1. The summed E-state index contributed by atoms with van der Waals surface area (Å²) >= 11 is 6.20. The second kappa shape index (κ2) is 12.8. The van der Waals surface area contributed by atoms with Crippen LogP contribution >= 0.6 is 11.6 Å². The molecule has 0 fully saturated rings. The van der Waals surface area contributed by atoms with E-state index in [9.17, 15) is 9.59 Å². The van der Waals surface area contributed by atoms with Crippen molar-refractivity contribution >= 4 is 28.4 Å². The van der Waals surface area contributed by atoms with Crippen molar-refractivity contribution in [1.82, 2.24) is 14.5 Å². The Bertz CT molecular complexity index is 1210. The van der Waals surface area contributed by atoms with Gasteiger partial charge in [-0.3, -0.25) is 14.2 Å². The summed E-state index contributed by atoms with van der Waals surface area (Å²) in [7, 11) is 1.62. The molecule has 1 aromatic heterocycles. The molecule has 2 aromatic carbocycles. The number of nitrogens with zero attached hydrogens (tertiary/aromatic N) is 3. The Morgan fingerprint density at radius 1 is 1.14 bits per heavy atom. The van der Waals surface area contributed by atoms with E-state index in [2.05, 4.69) is 6.92 Å². The molecule has 0 aliphatic rings. The molecule has 3 aromatic rings. The third kappa shape index (κ3) is 6.50. The first kappa shape index (κ1) is 26.9. The molecular weight excluding hydrogens is 462 g/mol. The molecule has 0 N–H and O–H groups in total. The number of carbonyl (C=O) groups is 1. The number of methoxy groups -OCH3 is 1. The molecule has 3 rings (SSSR count). The summed E-state index contributed by atoms with van der Waals surface area (Å²) in [6, 6.07) is 12.3. The molecule has 7 heteroatoms. The van der Waals surface area contributed by atoms with Crippen LogP contribution in [0.3, 0.4) is 0 Å². The van der Waals surface area contributed by atoms with Crippen LogP contribution in [-0.2, 0) is 9.53 Å². The number of ether oxygens (including phenoxy) is 1. The number of aryl methyl sites for hydroxylation is 1. The van der Waals surface area contributed by atoms with Gasteiger partial charge in [-0.15, -0.1) is 0 Å². The second-order valence-corrected chi connectivity index (χ2v) is 9.42. The highest BCUT2D eigenvalue weighted by Crippen LogP contribution is 2.26. The van der Waals surface area contributed by atoms with E-state index < -0.39 is 6.04 Å². The van der Waals surface area contributed by atoms with Gasteiger partial charge in [-0.1, -0.05) is 56.3 Å². The lowest BCUT2D eigenvalue weighted by molar-refractivity contribution is -0.134. The normalized spacial score (nSPS) is 12.1. The molecule has 1 atom stereocenters. The van der Waals surface area contributed by atoms with E-state index in [1.807, 2.05) is 44.2 Å². The molecule has 0 saturated carbocycles. The summed E-state index contributed by atoms with van der Waals surface area (Å²) in [4.78, 5) is 33.8. The molecule has 6 nitrogen and oxygen atoms in total. The maximum atomic E-state index is 13.7. The standard InChI is InChI=1S/C28H36ClN3O3/c1-5-6-7-8-9-14-26(33)31(17-18-35-4)21(3)27-30-24-13-11-10-12-23(24)28(34)32(27)25-16-15-22(29)19-20(25)2/h10-13,15-16,19,21H,5-9,14,17-18H2,1-4H3. The Labute approximate surface area is 212 Å². The van der Waals surface area contributed by atoms with Crippen molar-refractivity contribution in [3.63, 3.8) is 0 Å². The largest absolute Gasteiger partial charge is 0.383 e. The van der Waals surface area contributed by atoms with Crippen LogP contribution < -0.4 is 5.56 Å². The van der Waals surface area contributed by atoms with Gasteiger partial charge in [-0.2, -0.15) is 0 Å². The number of hydrogen-bond donors (Lipinski definition) is 0. The van der Waals surface area contributed by atoms with E-state index in [0.29, 0.717) is 47.0 Å². The van der Waals surface area contributed by atoms with E-state index in [0.717, 1.165) is 24.8 Å². The highest BCUT2D eigenvalue weighted by molar-refractivity contribution is 6.30. The second-order valence-electron chi connectivity index (χ2n) is 8.98. The first-order valence-corrected chi connectivity index (χ1v) is 12.8. The smallest absolute Gasteiger partial charge is 0.266 e. The van der Waals surface area contributed by atoms with Crippen LogP contribution in [0.2, 0.25) is 5.02 Å². The maximum Gasteiger partial charge on any atom is 0.266 e. The highest BCUT2D eigenvalue weighted by Gasteiger charge is 2.27. The van der Waals surface area contributed by atoms with Crippen molar-refractivity contribution in [1.29, 1.82) is 0 Å². The molecule has 35 heavy (non-hydrogen) atoms. The summed E-state index contributed by atoms with van der Waals surface area (Å²) in [5.41, 5.74) is 2.01. The molecule has 188 valence electrons. The van der Waals surface area contributed by atoms with Crippen LogP contribution in [0.25, 0.3) is 16.6 Å². The van der Waals surface area contributed by atoms with Crippen molar-refractivity contribution < 1.29 is 9.53 Å². The predicted molar refractivity (Wildman–Crippen MR) is 142 cm³/mol. The SMILES string of the molecule is CCCCCCCC(=O)N(CCOC)C(C)c1nc2ccccc2c(=O)n1-c1ccc(Cl)cc1C. The zero-order valence-electron chi connectivity index (χ0n) is 21.2. The molecular formula is C28H36ClN3O3. The number of benzene rings is 2. The highest BCUT2D eigenvalue weighted by atomic mass is 35.5. The Morgan fingerprint density at radius 2 is 1.89 bits per heavy atom. The van der Waals surface area contributed by atoms with Crippen molar-refractivity contribution in [2.45, 2.75) is 65.3 Å². The summed E-state index contributed by atoms with van der Waals surface area (Å²) in [5.74, 6) is 0.572. The lowest BCUT2D eigenvalue weighted by Gasteiger charge is -2.31. The molecule has 0 bridgehead atoms. The monoisotopic (exact) mass is 497 g/mol. The molecule has 0 aliphatic heterocycles. The summed E-state index contributed by atoms with van der Waals surface area (Å²) < 4.78 is 6.94. The van der Waals surface area contributed by atoms with Crippen LogP contribution in [0.1, 0.15) is 69.8 Å². The van der Waals surface area contributed by atoms with E-state index in [-0.39, 0.29) is 11.5 Å². The fourth-order valence-corrected chi connectivity index (χ4v) is 4.65. The topological polar surface area (TPSA) is 64.4 Å². The minimum Gasteiger partial charge on any atom is -0.383 e. The average molecular weight is 498 g/mol. The van der Waals surface area contributed by atoms with Crippen molar-refractivity contribution in [3.8, 4) is 5.69 Å². The van der Waals surface area contributed by atoms with Gasteiger partial charge in [0, 0.05) is 25.1 Å². The minimum absolute atomic E-state index is 0.0489. The van der Waals surface area contributed by atoms with Gasteiger partial charge in [0.05, 0.1) is 29.2 Å². The fourth-order valence-electron chi connectivity index (χ4n) is 4.42. The van der Waals surface area contributed by atoms with Crippen LogP contribution in [0.4, 0.5) is 0 Å². The molecule has 1 heterocycles. The van der Waals surface area contributed by atoms with Gasteiger partial charge in [-0.05, 0) is 56.2 Å². The van der Waals surface area contributed by atoms with Crippen LogP contribution in [0.15, 0.2) is 47.3 Å². The zero-order chi connectivity index (χ0) is 25.4. The quantitative estimate of drug-likeness (QED) is 0.278. The molecule has 1 amide bonds. The van der Waals surface area contributed by atoms with E-state index in [1.165, 1.54) is 12.8 Å². The number of halogens is 1. The third-order valence-electron chi connectivity index (χ3n) is 6.39. The van der Waals surface area contributed by atoms with Gasteiger partial charge < -0.3 is 9.64 Å². The summed E-state index contributed by atoms with van der Waals surface area (Å²) in [5, 5.41) is 1.13. The summed E-state index contributed by atoms with van der Waals surface area (Å²) in [6.07, 6.45) is 5.85. The van der Waals surface area contributed by atoms with E-state index >= 15 is 0 Å². The van der Waals surface area contributed by atoms with Crippen LogP contribution in [0, 0.1) is 6.92 Å². The third-order valence-corrected chi connectivity index (χ3v) is 6.63. The van der Waals surface area contributed by atoms with E-state index in [1.54, 1.807) is 28.7 Å². The minimum atomic E-state index is -0.430. The van der Waals surface area contributed by atoms with Gasteiger partial charge in [0.15, 0.2) is 0 Å². The lowest BCUT2D eigenvalue weighted by Crippen LogP contribution is -2.39. The average Bonchev–Trinajstić information content (AvgIpc) is 2.84. The Kier molecular flexibility index (Phi) is 9.87. The van der Waals surface area contributed by atoms with Crippen molar-refractivity contribution in [2.24, 2.45) is 0 Å². The number of fused-ring (bicyclic) bond motifs is 1.